The highest BCUT2D eigenvalue weighted by Crippen LogP contribution is 2.16. The number of rotatable bonds is 4. The fraction of sp³-hybridized carbons (Fsp3) is 0.143. The summed E-state index contributed by atoms with van der Waals surface area (Å²) >= 11 is 0. The summed E-state index contributed by atoms with van der Waals surface area (Å²) in [6, 6.07) is 8.80. The van der Waals surface area contributed by atoms with Crippen LogP contribution in [0.1, 0.15) is 21.5 Å². The molecule has 0 fully saturated rings. The number of anilines is 1. The van der Waals surface area contributed by atoms with Crippen LogP contribution in [0.5, 0.6) is 0 Å². The van der Waals surface area contributed by atoms with E-state index < -0.39 is 5.97 Å². The van der Waals surface area contributed by atoms with Crippen LogP contribution in [-0.4, -0.2) is 16.1 Å². The first-order valence-corrected chi connectivity index (χ1v) is 5.64. The molecule has 2 aromatic rings. The largest absolute Gasteiger partial charge is 0.478 e. The molecule has 0 saturated carbocycles. The highest BCUT2D eigenvalue weighted by atomic mass is 16.4. The van der Waals surface area contributed by atoms with E-state index in [9.17, 15) is 4.79 Å². The third-order valence-electron chi connectivity index (χ3n) is 2.77. The van der Waals surface area contributed by atoms with E-state index in [2.05, 4.69) is 10.3 Å². The first kappa shape index (κ1) is 12.1. The van der Waals surface area contributed by atoms with Crippen molar-refractivity contribution in [2.45, 2.75) is 13.5 Å². The van der Waals surface area contributed by atoms with Gasteiger partial charge in [0.25, 0.3) is 0 Å². The molecule has 92 valence electrons. The topological polar surface area (TPSA) is 62.2 Å². The van der Waals surface area contributed by atoms with Gasteiger partial charge in [0.1, 0.15) is 0 Å². The van der Waals surface area contributed by atoms with Crippen molar-refractivity contribution in [2.24, 2.45) is 0 Å². The first-order valence-electron chi connectivity index (χ1n) is 5.64. The Morgan fingerprint density at radius 1 is 1.33 bits per heavy atom. The fourth-order valence-electron chi connectivity index (χ4n) is 1.70. The molecule has 0 aliphatic rings. The lowest BCUT2D eigenvalue weighted by Crippen LogP contribution is -2.07. The van der Waals surface area contributed by atoms with Gasteiger partial charge >= 0.3 is 5.97 Å². The summed E-state index contributed by atoms with van der Waals surface area (Å²) in [5, 5.41) is 12.2. The Hall–Kier alpha value is -2.36. The van der Waals surface area contributed by atoms with Crippen molar-refractivity contribution >= 4 is 11.7 Å². The Kier molecular flexibility index (Phi) is 3.57. The molecule has 0 radical (unpaired) electrons. The lowest BCUT2D eigenvalue weighted by atomic mass is 10.1. The number of hydrogen-bond acceptors (Lipinski definition) is 3. The minimum Gasteiger partial charge on any atom is -0.478 e. The number of nitrogens with one attached hydrogen (secondary N) is 1. The minimum atomic E-state index is -0.930. The first-order chi connectivity index (χ1) is 8.68. The number of aryl methyl sites for hydroxylation is 1. The van der Waals surface area contributed by atoms with Crippen LogP contribution in [-0.2, 0) is 6.54 Å². The average Bonchev–Trinajstić information content (AvgIpc) is 2.38. The third-order valence-corrected chi connectivity index (χ3v) is 2.77. The number of aromatic nitrogens is 1. The van der Waals surface area contributed by atoms with Gasteiger partial charge in [-0.3, -0.25) is 4.98 Å². The Bertz CT molecular complexity index is 567. The minimum absolute atomic E-state index is 0.277. The number of carbonyl (C=O) groups is 1. The van der Waals surface area contributed by atoms with Gasteiger partial charge in [0.15, 0.2) is 0 Å². The van der Waals surface area contributed by atoms with E-state index in [0.717, 1.165) is 11.1 Å². The maximum atomic E-state index is 11.0. The molecular weight excluding hydrogens is 228 g/mol. The number of hydrogen-bond donors (Lipinski definition) is 2. The van der Waals surface area contributed by atoms with E-state index in [4.69, 9.17) is 5.11 Å². The van der Waals surface area contributed by atoms with Crippen LogP contribution in [0.4, 0.5) is 5.69 Å². The summed E-state index contributed by atoms with van der Waals surface area (Å²) in [7, 11) is 0. The van der Waals surface area contributed by atoms with Crippen LogP contribution in [0.3, 0.4) is 0 Å². The van der Waals surface area contributed by atoms with E-state index >= 15 is 0 Å². The standard InChI is InChI=1S/C14H14N2O2/c1-10-6-7-15-8-11(10)9-16-13-5-3-2-4-12(13)14(17)18/h2-8,16H,9H2,1H3,(H,17,18). The van der Waals surface area contributed by atoms with Gasteiger partial charge in [-0.15, -0.1) is 0 Å². The summed E-state index contributed by atoms with van der Waals surface area (Å²) in [6.07, 6.45) is 3.52. The zero-order chi connectivity index (χ0) is 13.0. The molecule has 4 nitrogen and oxygen atoms in total. The third kappa shape index (κ3) is 2.66. The molecule has 4 heteroatoms. The molecule has 0 atom stereocenters. The second kappa shape index (κ2) is 5.31. The molecule has 0 aliphatic heterocycles. The van der Waals surface area contributed by atoms with Crippen molar-refractivity contribution < 1.29 is 9.90 Å². The van der Waals surface area contributed by atoms with Crippen LogP contribution in [0.15, 0.2) is 42.7 Å². The normalized spacial score (nSPS) is 10.1. The van der Waals surface area contributed by atoms with Crippen LogP contribution < -0.4 is 5.32 Å². The lowest BCUT2D eigenvalue weighted by molar-refractivity contribution is 0.0698. The van der Waals surface area contributed by atoms with Gasteiger partial charge in [0, 0.05) is 24.6 Å². The van der Waals surface area contributed by atoms with Gasteiger partial charge in [-0.1, -0.05) is 12.1 Å². The van der Waals surface area contributed by atoms with Crippen molar-refractivity contribution in [3.05, 3.63) is 59.4 Å². The predicted molar refractivity (Wildman–Crippen MR) is 69.7 cm³/mol. The molecule has 0 spiro atoms. The van der Waals surface area contributed by atoms with E-state index in [1.54, 1.807) is 30.6 Å². The maximum Gasteiger partial charge on any atom is 0.337 e. The molecule has 0 aliphatic carbocycles. The van der Waals surface area contributed by atoms with Crippen LogP contribution in [0.25, 0.3) is 0 Å². The summed E-state index contributed by atoms with van der Waals surface area (Å²) < 4.78 is 0. The molecular formula is C14H14N2O2. The quantitative estimate of drug-likeness (QED) is 0.865. The van der Waals surface area contributed by atoms with Gasteiger partial charge in [-0.2, -0.15) is 0 Å². The molecule has 18 heavy (non-hydrogen) atoms. The highest BCUT2D eigenvalue weighted by Gasteiger charge is 2.08. The van der Waals surface area contributed by atoms with Gasteiger partial charge in [-0.25, -0.2) is 4.79 Å². The maximum absolute atomic E-state index is 11.0. The molecule has 1 aromatic heterocycles. The number of benzene rings is 1. The van der Waals surface area contributed by atoms with Crippen molar-refractivity contribution in [3.8, 4) is 0 Å². The van der Waals surface area contributed by atoms with Crippen molar-refractivity contribution in [2.75, 3.05) is 5.32 Å². The molecule has 2 N–H and O–H groups in total. The number of para-hydroxylation sites is 1. The Labute approximate surface area is 105 Å². The van der Waals surface area contributed by atoms with Crippen molar-refractivity contribution in [1.82, 2.24) is 4.98 Å². The van der Waals surface area contributed by atoms with E-state index in [1.807, 2.05) is 19.1 Å². The number of pyridine rings is 1. The molecule has 0 unspecified atom stereocenters. The van der Waals surface area contributed by atoms with Gasteiger partial charge in [0.05, 0.1) is 5.56 Å². The van der Waals surface area contributed by atoms with Crippen molar-refractivity contribution in [3.63, 3.8) is 0 Å². The lowest BCUT2D eigenvalue weighted by Gasteiger charge is -2.10. The number of nitrogens with zero attached hydrogens (tertiary/aromatic N) is 1. The van der Waals surface area contributed by atoms with E-state index in [0.29, 0.717) is 12.2 Å². The van der Waals surface area contributed by atoms with Crippen LogP contribution in [0.2, 0.25) is 0 Å². The van der Waals surface area contributed by atoms with E-state index in [-0.39, 0.29) is 5.56 Å². The summed E-state index contributed by atoms with van der Waals surface area (Å²) in [4.78, 5) is 15.1. The molecule has 1 heterocycles. The summed E-state index contributed by atoms with van der Waals surface area (Å²) in [5.41, 5.74) is 3.08. The SMILES string of the molecule is Cc1ccncc1CNc1ccccc1C(=O)O. The zero-order valence-corrected chi connectivity index (χ0v) is 10.1. The summed E-state index contributed by atoms with van der Waals surface area (Å²) in [5.74, 6) is -0.930. The van der Waals surface area contributed by atoms with Crippen molar-refractivity contribution in [1.29, 1.82) is 0 Å². The van der Waals surface area contributed by atoms with E-state index in [1.165, 1.54) is 0 Å². The monoisotopic (exact) mass is 242 g/mol. The Morgan fingerprint density at radius 2 is 2.11 bits per heavy atom. The van der Waals surface area contributed by atoms with Crippen LogP contribution in [0, 0.1) is 6.92 Å². The number of carboxylic acids is 1. The zero-order valence-electron chi connectivity index (χ0n) is 10.1. The smallest absolute Gasteiger partial charge is 0.337 e. The summed E-state index contributed by atoms with van der Waals surface area (Å²) in [6.45, 7) is 2.56. The Balaban J connectivity index is 2.16. The predicted octanol–water partition coefficient (Wildman–Crippen LogP) is 2.70. The van der Waals surface area contributed by atoms with Gasteiger partial charge in [-0.05, 0) is 36.2 Å². The number of carboxylic acid groups (broad SMARTS) is 1. The van der Waals surface area contributed by atoms with Crippen LogP contribution >= 0.6 is 0 Å². The molecule has 0 saturated heterocycles. The molecule has 1 aromatic carbocycles. The number of aromatic carboxylic acids is 1. The second-order valence-corrected chi connectivity index (χ2v) is 4.01. The Morgan fingerprint density at radius 3 is 2.83 bits per heavy atom. The molecule has 0 amide bonds. The fourth-order valence-corrected chi connectivity index (χ4v) is 1.70. The molecule has 0 bridgehead atoms. The average molecular weight is 242 g/mol. The second-order valence-electron chi connectivity index (χ2n) is 4.01. The molecule has 2 rings (SSSR count). The van der Waals surface area contributed by atoms with Gasteiger partial charge in [0.2, 0.25) is 0 Å². The van der Waals surface area contributed by atoms with Gasteiger partial charge < -0.3 is 10.4 Å². The highest BCUT2D eigenvalue weighted by molar-refractivity contribution is 5.94.